The van der Waals surface area contributed by atoms with E-state index in [9.17, 15) is 4.79 Å². The lowest BCUT2D eigenvalue weighted by Gasteiger charge is -2.37. The molecule has 0 bridgehead atoms. The second kappa shape index (κ2) is 8.23. The summed E-state index contributed by atoms with van der Waals surface area (Å²) in [6, 6.07) is 16.1. The third kappa shape index (κ3) is 4.55. The minimum absolute atomic E-state index is 0.0507. The highest BCUT2D eigenvalue weighted by Crippen LogP contribution is 2.16. The normalized spacial score (nSPS) is 16.3. The molecule has 1 heterocycles. The summed E-state index contributed by atoms with van der Waals surface area (Å²) in [7, 11) is 0. The lowest BCUT2D eigenvalue weighted by molar-refractivity contribution is 0.0927. The molecule has 5 heteroatoms. The average molecular weight is 352 g/mol. The number of piperazine rings is 1. The number of aryl methyl sites for hydroxylation is 1. The Hall–Kier alpha value is -2.53. The maximum atomic E-state index is 12.5. The van der Waals surface area contributed by atoms with Crippen molar-refractivity contribution in [2.24, 2.45) is 0 Å². The van der Waals surface area contributed by atoms with Gasteiger partial charge in [0.25, 0.3) is 5.91 Å². The van der Waals surface area contributed by atoms with Crippen LogP contribution in [-0.2, 0) is 0 Å². The first-order valence-corrected chi connectivity index (χ1v) is 9.22. The molecule has 0 saturated carbocycles. The fraction of sp³-hybridized carbons (Fsp3) is 0.381. The highest BCUT2D eigenvalue weighted by Gasteiger charge is 2.20. The Kier molecular flexibility index (Phi) is 5.78. The van der Waals surface area contributed by atoms with Gasteiger partial charge in [0, 0.05) is 55.7 Å². The van der Waals surface area contributed by atoms with Crippen molar-refractivity contribution >= 4 is 17.3 Å². The summed E-state index contributed by atoms with van der Waals surface area (Å²) in [6.45, 7) is 8.89. The highest BCUT2D eigenvalue weighted by molar-refractivity contribution is 5.96. The predicted molar refractivity (Wildman–Crippen MR) is 108 cm³/mol. The van der Waals surface area contributed by atoms with Crippen molar-refractivity contribution in [3.8, 4) is 0 Å². The van der Waals surface area contributed by atoms with Crippen molar-refractivity contribution in [1.29, 1.82) is 0 Å². The molecule has 0 radical (unpaired) electrons. The number of hydrogen-bond donors (Lipinski definition) is 2. The number of carbonyl (C=O) groups is 1. The van der Waals surface area contributed by atoms with Crippen LogP contribution in [0, 0.1) is 6.92 Å². The number of amides is 1. The molecule has 1 amide bonds. The second-order valence-electron chi connectivity index (χ2n) is 7.07. The fourth-order valence-electron chi connectivity index (χ4n) is 3.45. The summed E-state index contributed by atoms with van der Waals surface area (Å²) in [5.74, 6) is -0.0507. The molecule has 3 N–H and O–H groups in total. The smallest absolute Gasteiger partial charge is 0.251 e. The highest BCUT2D eigenvalue weighted by atomic mass is 16.1. The number of carbonyl (C=O) groups excluding carboxylic acids is 1. The van der Waals surface area contributed by atoms with Gasteiger partial charge in [-0.3, -0.25) is 9.69 Å². The quantitative estimate of drug-likeness (QED) is 0.812. The van der Waals surface area contributed by atoms with Gasteiger partial charge in [-0.1, -0.05) is 24.3 Å². The molecule has 1 fully saturated rings. The molecular formula is C21H28N4O. The topological polar surface area (TPSA) is 61.6 Å². The molecule has 3 rings (SSSR count). The van der Waals surface area contributed by atoms with Crippen LogP contribution in [0.25, 0.3) is 0 Å². The number of nitrogens with two attached hydrogens (primary N) is 1. The van der Waals surface area contributed by atoms with E-state index in [1.165, 1.54) is 5.69 Å². The zero-order chi connectivity index (χ0) is 18.5. The Morgan fingerprint density at radius 2 is 1.81 bits per heavy atom. The lowest BCUT2D eigenvalue weighted by Crippen LogP contribution is -2.50. The molecule has 2 aromatic rings. The van der Waals surface area contributed by atoms with Gasteiger partial charge >= 0.3 is 0 Å². The Morgan fingerprint density at radius 3 is 2.50 bits per heavy atom. The monoisotopic (exact) mass is 352 g/mol. The first kappa shape index (κ1) is 18.3. The van der Waals surface area contributed by atoms with E-state index in [-0.39, 0.29) is 11.9 Å². The summed E-state index contributed by atoms with van der Waals surface area (Å²) in [5, 5.41) is 3.10. The summed E-state index contributed by atoms with van der Waals surface area (Å²) < 4.78 is 0. The number of nitrogens with one attached hydrogen (secondary N) is 1. The maximum absolute atomic E-state index is 12.5. The van der Waals surface area contributed by atoms with E-state index in [1.54, 1.807) is 6.07 Å². The third-order valence-corrected chi connectivity index (χ3v) is 4.91. The van der Waals surface area contributed by atoms with E-state index < -0.39 is 0 Å². The number of anilines is 2. The molecule has 1 aliphatic rings. The maximum Gasteiger partial charge on any atom is 0.251 e. The standard InChI is InChI=1S/C21H28N4O/c1-16-8-9-18(22)14-20(16)21(26)23-17(2)15-24-10-12-25(13-11-24)19-6-4-3-5-7-19/h3-9,14,17H,10-13,15,22H2,1-2H3,(H,23,26). The van der Waals surface area contributed by atoms with Gasteiger partial charge in [-0.25, -0.2) is 0 Å². The van der Waals surface area contributed by atoms with Gasteiger partial charge in [0.05, 0.1) is 0 Å². The first-order valence-electron chi connectivity index (χ1n) is 9.22. The van der Waals surface area contributed by atoms with Crippen molar-refractivity contribution in [3.63, 3.8) is 0 Å². The van der Waals surface area contributed by atoms with Crippen LogP contribution in [0.5, 0.6) is 0 Å². The number of hydrogen-bond acceptors (Lipinski definition) is 4. The number of rotatable bonds is 5. The van der Waals surface area contributed by atoms with Crippen molar-refractivity contribution in [1.82, 2.24) is 10.2 Å². The van der Waals surface area contributed by atoms with Gasteiger partial charge in [-0.2, -0.15) is 0 Å². The van der Waals surface area contributed by atoms with Crippen LogP contribution >= 0.6 is 0 Å². The SMILES string of the molecule is Cc1ccc(N)cc1C(=O)NC(C)CN1CCN(c2ccccc2)CC1. The Balaban J connectivity index is 1.49. The molecule has 1 atom stereocenters. The summed E-state index contributed by atoms with van der Waals surface area (Å²) in [6.07, 6.45) is 0. The van der Waals surface area contributed by atoms with Crippen LogP contribution in [0.4, 0.5) is 11.4 Å². The van der Waals surface area contributed by atoms with Crippen LogP contribution in [0.15, 0.2) is 48.5 Å². The van der Waals surface area contributed by atoms with Crippen LogP contribution < -0.4 is 16.0 Å². The van der Waals surface area contributed by atoms with Gasteiger partial charge in [0.15, 0.2) is 0 Å². The van der Waals surface area contributed by atoms with Crippen LogP contribution in [0.1, 0.15) is 22.8 Å². The molecule has 1 aliphatic heterocycles. The van der Waals surface area contributed by atoms with Gasteiger partial charge in [-0.05, 0) is 43.7 Å². The third-order valence-electron chi connectivity index (χ3n) is 4.91. The molecule has 1 unspecified atom stereocenters. The van der Waals surface area contributed by atoms with Crippen LogP contribution in [0.3, 0.4) is 0 Å². The number of para-hydroxylation sites is 1. The summed E-state index contributed by atoms with van der Waals surface area (Å²) in [5.41, 5.74) is 9.32. The average Bonchev–Trinajstić information content (AvgIpc) is 2.65. The van der Waals surface area contributed by atoms with Gasteiger partial charge in [-0.15, -0.1) is 0 Å². The van der Waals surface area contributed by atoms with Gasteiger partial charge < -0.3 is 16.0 Å². The van der Waals surface area contributed by atoms with Gasteiger partial charge in [0.2, 0.25) is 0 Å². The number of benzene rings is 2. The molecule has 26 heavy (non-hydrogen) atoms. The predicted octanol–water partition coefficient (Wildman–Crippen LogP) is 2.52. The van der Waals surface area contributed by atoms with Crippen molar-refractivity contribution < 1.29 is 4.79 Å². The zero-order valence-corrected chi connectivity index (χ0v) is 15.6. The molecular weight excluding hydrogens is 324 g/mol. The number of nitrogen functional groups attached to an aromatic ring is 1. The summed E-state index contributed by atoms with van der Waals surface area (Å²) in [4.78, 5) is 17.3. The van der Waals surface area contributed by atoms with Crippen molar-refractivity contribution in [3.05, 3.63) is 59.7 Å². The molecule has 138 valence electrons. The minimum atomic E-state index is -0.0507. The Morgan fingerprint density at radius 1 is 1.12 bits per heavy atom. The summed E-state index contributed by atoms with van der Waals surface area (Å²) >= 11 is 0. The largest absolute Gasteiger partial charge is 0.399 e. The van der Waals surface area contributed by atoms with E-state index in [0.29, 0.717) is 11.3 Å². The first-order chi connectivity index (χ1) is 12.5. The molecule has 2 aromatic carbocycles. The van der Waals surface area contributed by atoms with E-state index in [0.717, 1.165) is 38.3 Å². The minimum Gasteiger partial charge on any atom is -0.399 e. The molecule has 0 spiro atoms. The number of nitrogens with zero attached hydrogens (tertiary/aromatic N) is 2. The Labute approximate surface area is 155 Å². The van der Waals surface area contributed by atoms with E-state index in [1.807, 2.05) is 25.1 Å². The second-order valence-corrected chi connectivity index (χ2v) is 7.07. The molecule has 0 aromatic heterocycles. The van der Waals surface area contributed by atoms with Crippen LogP contribution in [-0.4, -0.2) is 49.6 Å². The van der Waals surface area contributed by atoms with Gasteiger partial charge in [0.1, 0.15) is 0 Å². The van der Waals surface area contributed by atoms with E-state index >= 15 is 0 Å². The zero-order valence-electron chi connectivity index (χ0n) is 15.6. The van der Waals surface area contributed by atoms with Crippen molar-refractivity contribution in [2.45, 2.75) is 19.9 Å². The lowest BCUT2D eigenvalue weighted by atomic mass is 10.1. The van der Waals surface area contributed by atoms with Crippen LogP contribution in [0.2, 0.25) is 0 Å². The van der Waals surface area contributed by atoms with Crippen molar-refractivity contribution in [2.75, 3.05) is 43.4 Å². The van der Waals surface area contributed by atoms with E-state index in [2.05, 4.69) is 46.3 Å². The fourth-order valence-corrected chi connectivity index (χ4v) is 3.45. The molecule has 0 aliphatic carbocycles. The Bertz CT molecular complexity index is 739. The van der Waals surface area contributed by atoms with E-state index in [4.69, 9.17) is 5.73 Å². The molecule has 5 nitrogen and oxygen atoms in total. The molecule has 1 saturated heterocycles.